The molecule has 1 heterocycles. The fourth-order valence-electron chi connectivity index (χ4n) is 2.99. The molecule has 0 aliphatic carbocycles. The minimum Gasteiger partial charge on any atom is -0.435 e. The number of fused-ring (bicyclic) bond motifs is 1. The minimum atomic E-state index is -2.98. The van der Waals surface area contributed by atoms with E-state index in [1.165, 1.54) is 28.8 Å². The first-order valence-electron chi connectivity index (χ1n) is 9.51. The Morgan fingerprint density at radius 3 is 2.38 bits per heavy atom. The molecule has 32 heavy (non-hydrogen) atoms. The number of nitrogens with two attached hydrogens (primary N) is 1. The van der Waals surface area contributed by atoms with Crippen molar-refractivity contribution in [1.82, 2.24) is 14.9 Å². The SMILES string of the molecule is CC(C)C(Sc1nc2ccccc2c(=O)n1-c1ccc(OC(F)F)cc1)C(=O)NC(N)=O. The van der Waals surface area contributed by atoms with E-state index in [-0.39, 0.29) is 16.8 Å². The van der Waals surface area contributed by atoms with Crippen molar-refractivity contribution >= 4 is 34.6 Å². The quantitative estimate of drug-likeness (QED) is 0.411. The summed E-state index contributed by atoms with van der Waals surface area (Å²) in [6.45, 7) is 0.573. The number of halogens is 2. The van der Waals surface area contributed by atoms with Crippen LogP contribution in [0.2, 0.25) is 0 Å². The molecule has 3 rings (SSSR count). The number of ether oxygens (including phenoxy) is 1. The number of nitrogens with one attached hydrogen (secondary N) is 1. The van der Waals surface area contributed by atoms with Gasteiger partial charge in [-0.15, -0.1) is 0 Å². The third-order valence-electron chi connectivity index (χ3n) is 4.41. The van der Waals surface area contributed by atoms with Gasteiger partial charge in [-0.05, 0) is 42.3 Å². The molecule has 11 heteroatoms. The first-order chi connectivity index (χ1) is 15.2. The smallest absolute Gasteiger partial charge is 0.387 e. The Morgan fingerprint density at radius 1 is 1.12 bits per heavy atom. The number of carbonyl (C=O) groups excluding carboxylic acids is 2. The van der Waals surface area contributed by atoms with Crippen molar-refractivity contribution in [1.29, 1.82) is 0 Å². The second-order valence-corrected chi connectivity index (χ2v) is 8.17. The van der Waals surface area contributed by atoms with Crippen molar-refractivity contribution in [3.63, 3.8) is 0 Å². The summed E-state index contributed by atoms with van der Waals surface area (Å²) in [4.78, 5) is 41.5. The van der Waals surface area contributed by atoms with E-state index in [0.29, 0.717) is 16.6 Å². The largest absolute Gasteiger partial charge is 0.435 e. The zero-order chi connectivity index (χ0) is 23.4. The lowest BCUT2D eigenvalue weighted by Gasteiger charge is -2.21. The van der Waals surface area contributed by atoms with Gasteiger partial charge in [0, 0.05) is 0 Å². The van der Waals surface area contributed by atoms with E-state index in [4.69, 9.17) is 5.73 Å². The molecular formula is C21H20F2N4O4S. The molecule has 0 aliphatic rings. The molecule has 0 spiro atoms. The Bertz CT molecular complexity index is 1200. The average molecular weight is 462 g/mol. The predicted octanol–water partition coefficient (Wildman–Crippen LogP) is 3.30. The lowest BCUT2D eigenvalue weighted by atomic mass is 10.1. The summed E-state index contributed by atoms with van der Waals surface area (Å²) in [5.74, 6) is -0.925. The second-order valence-electron chi connectivity index (χ2n) is 7.06. The van der Waals surface area contributed by atoms with Crippen molar-refractivity contribution in [3.8, 4) is 11.4 Å². The fraction of sp³-hybridized carbons (Fsp3) is 0.238. The number of hydrogen-bond donors (Lipinski definition) is 2. The van der Waals surface area contributed by atoms with E-state index in [1.807, 2.05) is 0 Å². The molecule has 0 saturated heterocycles. The minimum absolute atomic E-state index is 0.0688. The third kappa shape index (κ3) is 5.22. The van der Waals surface area contributed by atoms with Gasteiger partial charge in [-0.1, -0.05) is 37.7 Å². The Labute approximate surface area is 185 Å². The zero-order valence-electron chi connectivity index (χ0n) is 17.1. The molecule has 1 unspecified atom stereocenters. The summed E-state index contributed by atoms with van der Waals surface area (Å²) in [6, 6.07) is 11.2. The highest BCUT2D eigenvalue weighted by atomic mass is 32.2. The topological polar surface area (TPSA) is 116 Å². The Hall–Kier alpha value is -3.47. The first kappa shape index (κ1) is 23.2. The third-order valence-corrected chi connectivity index (χ3v) is 5.90. The number of para-hydroxylation sites is 1. The maximum atomic E-state index is 13.3. The molecule has 3 N–H and O–H groups in total. The van der Waals surface area contributed by atoms with Crippen LogP contribution in [0, 0.1) is 5.92 Å². The highest BCUT2D eigenvalue weighted by Gasteiger charge is 2.27. The number of alkyl halides is 2. The summed E-state index contributed by atoms with van der Waals surface area (Å²) in [6.07, 6.45) is 0. The van der Waals surface area contributed by atoms with Crippen LogP contribution in [0.4, 0.5) is 13.6 Å². The van der Waals surface area contributed by atoms with E-state index in [1.54, 1.807) is 38.1 Å². The number of carbonyl (C=O) groups is 2. The maximum absolute atomic E-state index is 13.3. The number of urea groups is 1. The van der Waals surface area contributed by atoms with Crippen LogP contribution in [0.25, 0.3) is 16.6 Å². The summed E-state index contributed by atoms with van der Waals surface area (Å²) in [5.41, 5.74) is 5.44. The number of hydrogen-bond acceptors (Lipinski definition) is 6. The van der Waals surface area contributed by atoms with Gasteiger partial charge in [0.25, 0.3) is 5.56 Å². The summed E-state index contributed by atoms with van der Waals surface area (Å²) >= 11 is 0.993. The number of rotatable bonds is 7. The van der Waals surface area contributed by atoms with Gasteiger partial charge in [0.15, 0.2) is 5.16 Å². The van der Waals surface area contributed by atoms with Crippen molar-refractivity contribution in [3.05, 3.63) is 58.9 Å². The van der Waals surface area contributed by atoms with Crippen molar-refractivity contribution in [2.24, 2.45) is 11.7 Å². The van der Waals surface area contributed by atoms with Crippen LogP contribution < -0.4 is 21.3 Å². The van der Waals surface area contributed by atoms with Crippen LogP contribution in [-0.2, 0) is 4.79 Å². The number of primary amides is 1. The van der Waals surface area contributed by atoms with Crippen LogP contribution in [0.5, 0.6) is 5.75 Å². The zero-order valence-corrected chi connectivity index (χ0v) is 17.9. The standard InChI is InChI=1S/C21H20F2N4O4S/c1-11(2)16(17(28)26-20(24)30)32-21-25-15-6-4-3-5-14(15)18(29)27(21)12-7-9-13(10-8-12)31-19(22)23/h3-11,16,19H,1-2H3,(H3,24,26,28,30). The number of aromatic nitrogens is 2. The second kappa shape index (κ2) is 9.77. The van der Waals surface area contributed by atoms with Crippen LogP contribution in [-0.4, -0.2) is 33.4 Å². The highest BCUT2D eigenvalue weighted by molar-refractivity contribution is 8.00. The normalized spacial score (nSPS) is 12.2. The van der Waals surface area contributed by atoms with Gasteiger partial charge in [0.2, 0.25) is 5.91 Å². The lowest BCUT2D eigenvalue weighted by molar-refractivity contribution is -0.120. The molecule has 0 aliphatic heterocycles. The molecule has 3 amide bonds. The molecule has 168 valence electrons. The van der Waals surface area contributed by atoms with Gasteiger partial charge in [0.05, 0.1) is 21.8 Å². The molecule has 0 bridgehead atoms. The highest BCUT2D eigenvalue weighted by Crippen LogP contribution is 2.30. The number of nitrogens with zero attached hydrogens (tertiary/aromatic N) is 2. The van der Waals surface area contributed by atoms with Crippen LogP contribution in [0.15, 0.2) is 58.5 Å². The molecular weight excluding hydrogens is 442 g/mol. The number of benzene rings is 2. The Balaban J connectivity index is 2.13. The molecule has 0 saturated carbocycles. The van der Waals surface area contributed by atoms with Crippen LogP contribution in [0.1, 0.15) is 13.8 Å². The summed E-state index contributed by atoms with van der Waals surface area (Å²) in [7, 11) is 0. The van der Waals surface area contributed by atoms with Gasteiger partial charge in [-0.3, -0.25) is 19.5 Å². The fourth-order valence-corrected chi connectivity index (χ4v) is 4.10. The molecule has 8 nitrogen and oxygen atoms in total. The van der Waals surface area contributed by atoms with E-state index >= 15 is 0 Å². The lowest BCUT2D eigenvalue weighted by Crippen LogP contribution is -2.42. The molecule has 0 fully saturated rings. The van der Waals surface area contributed by atoms with Gasteiger partial charge in [0.1, 0.15) is 5.75 Å². The molecule has 1 aromatic heterocycles. The predicted molar refractivity (Wildman–Crippen MR) is 116 cm³/mol. The van der Waals surface area contributed by atoms with Crippen LogP contribution >= 0.6 is 11.8 Å². The molecule has 2 aromatic carbocycles. The van der Waals surface area contributed by atoms with Gasteiger partial charge in [-0.2, -0.15) is 8.78 Å². The molecule has 1 atom stereocenters. The van der Waals surface area contributed by atoms with Crippen LogP contribution in [0.3, 0.4) is 0 Å². The monoisotopic (exact) mass is 462 g/mol. The summed E-state index contributed by atoms with van der Waals surface area (Å²) < 4.78 is 30.6. The average Bonchev–Trinajstić information content (AvgIpc) is 2.72. The molecule has 0 radical (unpaired) electrons. The van der Waals surface area contributed by atoms with E-state index in [0.717, 1.165) is 11.8 Å². The van der Waals surface area contributed by atoms with E-state index in [9.17, 15) is 23.2 Å². The van der Waals surface area contributed by atoms with Crippen molar-refractivity contribution in [2.45, 2.75) is 30.9 Å². The van der Waals surface area contributed by atoms with E-state index in [2.05, 4.69) is 15.0 Å². The molecule has 3 aromatic rings. The van der Waals surface area contributed by atoms with Crippen molar-refractivity contribution in [2.75, 3.05) is 0 Å². The number of imide groups is 1. The number of thioether (sulfide) groups is 1. The Morgan fingerprint density at radius 2 is 1.78 bits per heavy atom. The van der Waals surface area contributed by atoms with Gasteiger partial charge >= 0.3 is 12.6 Å². The van der Waals surface area contributed by atoms with Crippen molar-refractivity contribution < 1.29 is 23.1 Å². The first-order valence-corrected chi connectivity index (χ1v) is 10.4. The van der Waals surface area contributed by atoms with E-state index < -0.39 is 29.4 Å². The van der Waals surface area contributed by atoms with Gasteiger partial charge < -0.3 is 10.5 Å². The maximum Gasteiger partial charge on any atom is 0.387 e. The van der Waals surface area contributed by atoms with Gasteiger partial charge in [-0.25, -0.2) is 9.78 Å². The number of amides is 3. The summed E-state index contributed by atoms with van der Waals surface area (Å²) in [5, 5.41) is 1.80. The Kier molecular flexibility index (Phi) is 7.08.